The first-order valence-corrected chi connectivity index (χ1v) is 3.79. The molecule has 0 spiro atoms. The fourth-order valence-electron chi connectivity index (χ4n) is 1.84. The molecule has 0 aromatic rings. The van der Waals surface area contributed by atoms with Crippen LogP contribution in [0.2, 0.25) is 0 Å². The molecule has 0 radical (unpaired) electrons. The van der Waals surface area contributed by atoms with Crippen molar-refractivity contribution >= 4 is 0 Å². The summed E-state index contributed by atoms with van der Waals surface area (Å²) in [6.07, 6.45) is 3.47. The number of hydrogen-bond donors (Lipinski definition) is 1. The summed E-state index contributed by atoms with van der Waals surface area (Å²) in [5, 5.41) is 3.43. The summed E-state index contributed by atoms with van der Waals surface area (Å²) < 4.78 is 5.65. The van der Waals surface area contributed by atoms with Crippen LogP contribution in [0.4, 0.5) is 0 Å². The van der Waals surface area contributed by atoms with Gasteiger partial charge in [-0.15, -0.1) is 0 Å². The van der Waals surface area contributed by atoms with Gasteiger partial charge in [-0.3, -0.25) is 0 Å². The molecule has 52 valence electrons. The lowest BCUT2D eigenvalue weighted by Gasteiger charge is -2.21. The van der Waals surface area contributed by atoms with E-state index in [4.69, 9.17) is 4.74 Å². The topological polar surface area (TPSA) is 21.3 Å². The quantitative estimate of drug-likeness (QED) is 0.554. The van der Waals surface area contributed by atoms with Crippen LogP contribution in [-0.4, -0.2) is 24.8 Å². The van der Waals surface area contributed by atoms with E-state index in [2.05, 4.69) is 12.2 Å². The van der Waals surface area contributed by atoms with Crippen LogP contribution in [0.15, 0.2) is 0 Å². The first-order chi connectivity index (χ1) is 4.40. The Morgan fingerprint density at radius 3 is 2.89 bits per heavy atom. The largest absolute Gasteiger partial charge is 0.372 e. The maximum Gasteiger partial charge on any atom is 0.0730 e. The third-order valence-corrected chi connectivity index (χ3v) is 2.34. The minimum atomic E-state index is 0.517. The summed E-state index contributed by atoms with van der Waals surface area (Å²) in [5.41, 5.74) is 0. The normalized spacial score (nSPS) is 48.3. The van der Waals surface area contributed by atoms with Crippen molar-refractivity contribution in [3.8, 4) is 0 Å². The molecule has 0 saturated carbocycles. The van der Waals surface area contributed by atoms with Crippen LogP contribution >= 0.6 is 0 Å². The molecule has 2 saturated heterocycles. The fraction of sp³-hybridized carbons (Fsp3) is 1.00. The molecule has 2 nitrogen and oxygen atoms in total. The number of ether oxygens (including phenoxy) is 1. The van der Waals surface area contributed by atoms with Crippen LogP contribution < -0.4 is 5.32 Å². The predicted molar refractivity (Wildman–Crippen MR) is 35.4 cm³/mol. The Kier molecular flexibility index (Phi) is 1.24. The van der Waals surface area contributed by atoms with Gasteiger partial charge >= 0.3 is 0 Å². The molecule has 2 aliphatic rings. The zero-order valence-electron chi connectivity index (χ0n) is 5.76. The van der Waals surface area contributed by atoms with Crippen molar-refractivity contribution in [2.45, 2.75) is 38.0 Å². The van der Waals surface area contributed by atoms with E-state index < -0.39 is 0 Å². The SMILES string of the molecule is CCC1OC2CNC1C2. The molecule has 2 aliphatic heterocycles. The molecule has 3 atom stereocenters. The molecule has 0 aromatic heterocycles. The van der Waals surface area contributed by atoms with E-state index in [1.807, 2.05) is 0 Å². The zero-order valence-corrected chi connectivity index (χ0v) is 5.76. The Bertz CT molecular complexity index is 115. The molecule has 2 heteroatoms. The van der Waals surface area contributed by atoms with E-state index in [0.717, 1.165) is 13.0 Å². The lowest BCUT2D eigenvalue weighted by atomic mass is 10.1. The summed E-state index contributed by atoms with van der Waals surface area (Å²) in [7, 11) is 0. The fourth-order valence-corrected chi connectivity index (χ4v) is 1.84. The van der Waals surface area contributed by atoms with Crippen molar-refractivity contribution in [2.24, 2.45) is 0 Å². The molecule has 2 heterocycles. The van der Waals surface area contributed by atoms with Gasteiger partial charge in [-0.25, -0.2) is 0 Å². The van der Waals surface area contributed by atoms with Gasteiger partial charge in [0, 0.05) is 12.6 Å². The monoisotopic (exact) mass is 127 g/mol. The molecule has 2 rings (SSSR count). The van der Waals surface area contributed by atoms with Gasteiger partial charge in [-0.1, -0.05) is 6.92 Å². The maximum atomic E-state index is 5.65. The van der Waals surface area contributed by atoms with Crippen LogP contribution in [0.3, 0.4) is 0 Å². The van der Waals surface area contributed by atoms with Crippen LogP contribution in [0.5, 0.6) is 0 Å². The van der Waals surface area contributed by atoms with Gasteiger partial charge in [0.2, 0.25) is 0 Å². The predicted octanol–water partition coefficient (Wildman–Crippen LogP) is 0.526. The maximum absolute atomic E-state index is 5.65. The Labute approximate surface area is 55.6 Å². The van der Waals surface area contributed by atoms with Gasteiger partial charge in [0.1, 0.15) is 0 Å². The molecule has 1 N–H and O–H groups in total. The van der Waals surface area contributed by atoms with Crippen LogP contribution in [0, 0.1) is 0 Å². The number of nitrogens with one attached hydrogen (secondary N) is 1. The highest BCUT2D eigenvalue weighted by Crippen LogP contribution is 2.26. The Balaban J connectivity index is 2.01. The van der Waals surface area contributed by atoms with Gasteiger partial charge in [-0.2, -0.15) is 0 Å². The summed E-state index contributed by atoms with van der Waals surface area (Å²) in [5.74, 6) is 0. The smallest absolute Gasteiger partial charge is 0.0730 e. The molecule has 3 unspecified atom stereocenters. The highest BCUT2D eigenvalue weighted by atomic mass is 16.5. The highest BCUT2D eigenvalue weighted by Gasteiger charge is 2.38. The van der Waals surface area contributed by atoms with E-state index in [1.165, 1.54) is 6.42 Å². The van der Waals surface area contributed by atoms with Gasteiger partial charge < -0.3 is 10.1 Å². The Morgan fingerprint density at radius 1 is 1.67 bits per heavy atom. The van der Waals surface area contributed by atoms with E-state index in [-0.39, 0.29) is 0 Å². The molecule has 0 aliphatic carbocycles. The number of morpholine rings is 1. The summed E-state index contributed by atoms with van der Waals surface area (Å²) >= 11 is 0. The number of fused-ring (bicyclic) bond motifs is 2. The van der Waals surface area contributed by atoms with Gasteiger partial charge in [0.15, 0.2) is 0 Å². The van der Waals surface area contributed by atoms with Gasteiger partial charge in [-0.05, 0) is 12.8 Å². The van der Waals surface area contributed by atoms with Gasteiger partial charge in [0.25, 0.3) is 0 Å². The lowest BCUT2D eigenvalue weighted by Crippen LogP contribution is -2.38. The van der Waals surface area contributed by atoms with Gasteiger partial charge in [0.05, 0.1) is 12.2 Å². The van der Waals surface area contributed by atoms with Crippen molar-refractivity contribution in [1.29, 1.82) is 0 Å². The van der Waals surface area contributed by atoms with Crippen molar-refractivity contribution in [1.82, 2.24) is 5.32 Å². The third kappa shape index (κ3) is 0.775. The van der Waals surface area contributed by atoms with Crippen LogP contribution in [0.1, 0.15) is 19.8 Å². The van der Waals surface area contributed by atoms with Crippen LogP contribution in [0.25, 0.3) is 0 Å². The molecule has 2 bridgehead atoms. The first-order valence-electron chi connectivity index (χ1n) is 3.79. The highest BCUT2D eigenvalue weighted by molar-refractivity contribution is 4.94. The second-order valence-corrected chi connectivity index (χ2v) is 2.96. The van der Waals surface area contributed by atoms with Crippen molar-refractivity contribution in [2.75, 3.05) is 6.54 Å². The minimum Gasteiger partial charge on any atom is -0.372 e. The number of rotatable bonds is 1. The zero-order chi connectivity index (χ0) is 6.27. The van der Waals surface area contributed by atoms with Crippen molar-refractivity contribution in [3.63, 3.8) is 0 Å². The summed E-state index contributed by atoms with van der Waals surface area (Å²) in [6.45, 7) is 3.27. The number of hydrogen-bond acceptors (Lipinski definition) is 2. The Morgan fingerprint density at radius 2 is 2.56 bits per heavy atom. The summed E-state index contributed by atoms with van der Waals surface area (Å²) in [6, 6.07) is 0.681. The molecule has 0 aromatic carbocycles. The average Bonchev–Trinajstić information content (AvgIpc) is 2.45. The average molecular weight is 127 g/mol. The standard InChI is InChI=1S/C7H13NO/c1-2-7-6-3-5(9-7)4-8-6/h5-8H,2-4H2,1H3. The molecule has 2 fully saturated rings. The molecular formula is C7H13NO. The first kappa shape index (κ1) is 5.69. The summed E-state index contributed by atoms with van der Waals surface area (Å²) in [4.78, 5) is 0. The molecular weight excluding hydrogens is 114 g/mol. The van der Waals surface area contributed by atoms with E-state index in [9.17, 15) is 0 Å². The second kappa shape index (κ2) is 1.96. The lowest BCUT2D eigenvalue weighted by molar-refractivity contribution is 0.0154. The molecule has 0 amide bonds. The van der Waals surface area contributed by atoms with E-state index in [0.29, 0.717) is 18.2 Å². The molecule has 9 heavy (non-hydrogen) atoms. The Hall–Kier alpha value is -0.0800. The van der Waals surface area contributed by atoms with Crippen molar-refractivity contribution in [3.05, 3.63) is 0 Å². The van der Waals surface area contributed by atoms with E-state index in [1.54, 1.807) is 0 Å². The second-order valence-electron chi connectivity index (χ2n) is 2.96. The minimum absolute atomic E-state index is 0.517. The third-order valence-electron chi connectivity index (χ3n) is 2.34. The van der Waals surface area contributed by atoms with Crippen molar-refractivity contribution < 1.29 is 4.74 Å². The van der Waals surface area contributed by atoms with E-state index >= 15 is 0 Å². The van der Waals surface area contributed by atoms with Crippen LogP contribution in [-0.2, 0) is 4.74 Å².